The van der Waals surface area contributed by atoms with Crippen LogP contribution < -0.4 is 24.8 Å². The first-order valence-corrected chi connectivity index (χ1v) is 16.2. The molecule has 3 aromatic carbocycles. The summed E-state index contributed by atoms with van der Waals surface area (Å²) in [6.07, 6.45) is -0.722. The summed E-state index contributed by atoms with van der Waals surface area (Å²) < 4.78 is 45.1. The maximum absolute atomic E-state index is 13.5. The van der Waals surface area contributed by atoms with E-state index in [0.717, 1.165) is 0 Å². The Balaban J connectivity index is 1.38. The van der Waals surface area contributed by atoms with Gasteiger partial charge in [0, 0.05) is 47.5 Å². The number of rotatable bonds is 8. The largest absolute Gasteiger partial charge is 0.488 e. The van der Waals surface area contributed by atoms with Gasteiger partial charge >= 0.3 is 6.03 Å². The molecule has 3 N–H and O–H groups in total. The Morgan fingerprint density at radius 2 is 1.69 bits per heavy atom. The summed E-state index contributed by atoms with van der Waals surface area (Å²) in [6.45, 7) is 3.71. The van der Waals surface area contributed by atoms with Crippen molar-refractivity contribution in [1.29, 1.82) is 0 Å². The molecule has 5 rings (SSSR count). The molecule has 0 bridgehead atoms. The Hall–Kier alpha value is -4.04. The third kappa shape index (κ3) is 7.44. The maximum atomic E-state index is 13.5. The number of nitrogens with zero attached hydrogens (tertiary/aromatic N) is 2. The number of anilines is 2. The number of aliphatic hydroxyl groups is 1. The molecule has 2 aliphatic heterocycles. The lowest BCUT2D eigenvalue weighted by molar-refractivity contribution is -0.134. The number of fused-ring (bicyclic) bond motifs is 2. The number of urea groups is 1. The van der Waals surface area contributed by atoms with Crippen molar-refractivity contribution >= 4 is 44.9 Å². The normalized spacial score (nSPS) is 18.7. The fraction of sp³-hybridized carbons (Fsp3) is 0.355. The Morgan fingerprint density at radius 1 is 1.04 bits per heavy atom. The second-order valence-electron chi connectivity index (χ2n) is 11.1. The molecule has 3 atom stereocenters. The predicted molar refractivity (Wildman–Crippen MR) is 168 cm³/mol. The fourth-order valence-corrected chi connectivity index (χ4v) is 6.44. The first kappa shape index (κ1) is 32.4. The van der Waals surface area contributed by atoms with Gasteiger partial charge in [0.1, 0.15) is 11.9 Å². The van der Waals surface area contributed by atoms with E-state index < -0.39 is 28.2 Å². The van der Waals surface area contributed by atoms with Gasteiger partial charge in [0.05, 0.1) is 30.5 Å². The van der Waals surface area contributed by atoms with Crippen LogP contribution in [0.4, 0.5) is 16.2 Å². The Morgan fingerprint density at radius 3 is 2.38 bits per heavy atom. The smallest absolute Gasteiger partial charge is 0.323 e. The summed E-state index contributed by atoms with van der Waals surface area (Å²) in [4.78, 5) is 28.0. The van der Waals surface area contributed by atoms with Crippen molar-refractivity contribution in [2.45, 2.75) is 37.3 Å². The summed E-state index contributed by atoms with van der Waals surface area (Å²) in [6, 6.07) is 14.9. The van der Waals surface area contributed by atoms with Crippen LogP contribution in [0.2, 0.25) is 5.02 Å². The molecule has 0 saturated heterocycles. The van der Waals surface area contributed by atoms with Crippen molar-refractivity contribution in [1.82, 2.24) is 9.21 Å². The summed E-state index contributed by atoms with van der Waals surface area (Å²) >= 11 is 5.96. The molecule has 45 heavy (non-hydrogen) atoms. The molecular formula is C31H35ClN4O8S. The van der Waals surface area contributed by atoms with E-state index in [4.69, 9.17) is 25.8 Å². The molecule has 2 heterocycles. The quantitative estimate of drug-likeness (QED) is 0.327. The predicted octanol–water partition coefficient (Wildman–Crippen LogP) is 4.18. The van der Waals surface area contributed by atoms with Crippen molar-refractivity contribution < 1.29 is 37.3 Å². The van der Waals surface area contributed by atoms with Crippen LogP contribution in [-0.4, -0.2) is 80.4 Å². The van der Waals surface area contributed by atoms with Crippen LogP contribution >= 0.6 is 11.6 Å². The molecule has 0 radical (unpaired) electrons. The molecule has 240 valence electrons. The van der Waals surface area contributed by atoms with Gasteiger partial charge in [-0.1, -0.05) is 18.5 Å². The van der Waals surface area contributed by atoms with E-state index >= 15 is 0 Å². The van der Waals surface area contributed by atoms with Gasteiger partial charge in [0.2, 0.25) is 22.7 Å². The van der Waals surface area contributed by atoms with Crippen LogP contribution in [0.3, 0.4) is 0 Å². The monoisotopic (exact) mass is 658 g/mol. The lowest BCUT2D eigenvalue weighted by Gasteiger charge is -2.33. The van der Waals surface area contributed by atoms with Crippen molar-refractivity contribution in [3.05, 3.63) is 71.2 Å². The molecule has 0 unspecified atom stereocenters. The van der Waals surface area contributed by atoms with E-state index in [2.05, 4.69) is 10.6 Å². The van der Waals surface area contributed by atoms with Crippen LogP contribution in [0.5, 0.6) is 17.2 Å². The van der Waals surface area contributed by atoms with Crippen molar-refractivity contribution in [2.75, 3.05) is 44.2 Å². The van der Waals surface area contributed by atoms with Gasteiger partial charge < -0.3 is 34.9 Å². The van der Waals surface area contributed by atoms with Gasteiger partial charge in [0.25, 0.3) is 0 Å². The summed E-state index contributed by atoms with van der Waals surface area (Å²) in [7, 11) is -2.41. The number of hydrogen-bond acceptors (Lipinski definition) is 8. The fourth-order valence-electron chi connectivity index (χ4n) is 5.13. The zero-order chi connectivity index (χ0) is 32.3. The van der Waals surface area contributed by atoms with Crippen molar-refractivity contribution in [2.24, 2.45) is 5.92 Å². The topological polar surface area (TPSA) is 147 Å². The molecule has 3 amide bonds. The minimum absolute atomic E-state index is 0.0148. The number of benzene rings is 3. The van der Waals surface area contributed by atoms with Gasteiger partial charge in [0.15, 0.2) is 11.5 Å². The third-order valence-electron chi connectivity index (χ3n) is 7.76. The van der Waals surface area contributed by atoms with E-state index in [0.29, 0.717) is 39.2 Å². The number of carbonyl (C=O) groups excluding carboxylic acids is 2. The number of hydrogen-bond donors (Lipinski definition) is 3. The van der Waals surface area contributed by atoms with Gasteiger partial charge in [-0.05, 0) is 61.5 Å². The van der Waals surface area contributed by atoms with E-state index in [-0.39, 0.29) is 49.6 Å². The lowest BCUT2D eigenvalue weighted by Crippen LogP contribution is -2.48. The average Bonchev–Trinajstić information content (AvgIpc) is 3.49. The van der Waals surface area contributed by atoms with E-state index in [1.54, 1.807) is 48.2 Å². The average molecular weight is 659 g/mol. The minimum Gasteiger partial charge on any atom is -0.488 e. The van der Waals surface area contributed by atoms with E-state index in [9.17, 15) is 23.1 Å². The van der Waals surface area contributed by atoms with Crippen LogP contribution in [0, 0.1) is 5.92 Å². The molecular weight excluding hydrogens is 624 g/mol. The second-order valence-corrected chi connectivity index (χ2v) is 13.6. The summed E-state index contributed by atoms with van der Waals surface area (Å²) in [5.74, 6) is 0.949. The first-order chi connectivity index (χ1) is 21.4. The molecule has 0 fully saturated rings. The third-order valence-corrected chi connectivity index (χ3v) is 9.85. The maximum Gasteiger partial charge on any atom is 0.323 e. The summed E-state index contributed by atoms with van der Waals surface area (Å²) in [5, 5.41) is 15.8. The van der Waals surface area contributed by atoms with Crippen molar-refractivity contribution in [3.8, 4) is 17.2 Å². The van der Waals surface area contributed by atoms with Gasteiger partial charge in [-0.25, -0.2) is 13.2 Å². The number of nitrogens with one attached hydrogen (secondary N) is 2. The van der Waals surface area contributed by atoms with Crippen LogP contribution in [0.15, 0.2) is 65.6 Å². The number of amides is 3. The molecule has 0 aromatic heterocycles. The number of ether oxygens (including phenoxy) is 3. The highest BCUT2D eigenvalue weighted by molar-refractivity contribution is 7.89. The van der Waals surface area contributed by atoms with Gasteiger partial charge in [-0.15, -0.1) is 0 Å². The molecule has 0 aliphatic carbocycles. The highest BCUT2D eigenvalue weighted by atomic mass is 35.5. The Bertz CT molecular complexity index is 1670. The number of sulfonamides is 1. The molecule has 2 aliphatic rings. The van der Waals surface area contributed by atoms with Crippen LogP contribution in [0.25, 0.3) is 0 Å². The number of carbonyl (C=O) groups is 2. The SMILES string of the molecule is C[C@H](CO)N1C[C@H](C)[C@@H](CN(C)S(=O)(=O)c2ccc(Cl)cc2)Oc2ccc(NC(=O)Nc3ccc4c(c3)OCO4)cc2CC1=O. The number of likely N-dealkylation sites (N-methyl/N-ethyl adjacent to an activating group) is 1. The molecule has 14 heteroatoms. The first-order valence-electron chi connectivity index (χ1n) is 14.3. The Labute approximate surface area is 266 Å². The van der Waals surface area contributed by atoms with Crippen LogP contribution in [0.1, 0.15) is 19.4 Å². The Kier molecular flexibility index (Phi) is 9.73. The minimum atomic E-state index is -3.88. The van der Waals surface area contributed by atoms with E-state index in [1.807, 2.05) is 6.92 Å². The highest BCUT2D eigenvalue weighted by Crippen LogP contribution is 2.34. The standard InChI is InChI=1S/C31H35ClN4O8S/c1-19-15-36(20(2)17-37)30(38)13-21-12-23(33-31(39)34-24-7-11-27-28(14-24)43-18-42-27)6-10-26(21)44-29(19)16-35(3)45(40,41)25-8-4-22(32)5-9-25/h4-12,14,19-20,29,37H,13,15-18H2,1-3H3,(H2,33,34,39)/t19-,20+,29+/m0/s1. The highest BCUT2D eigenvalue weighted by Gasteiger charge is 2.33. The molecule has 12 nitrogen and oxygen atoms in total. The van der Waals surface area contributed by atoms with Crippen LogP contribution in [-0.2, 0) is 21.2 Å². The zero-order valence-corrected chi connectivity index (χ0v) is 26.6. The molecule has 0 spiro atoms. The number of halogens is 1. The van der Waals surface area contributed by atoms with E-state index in [1.165, 1.54) is 35.6 Å². The summed E-state index contributed by atoms with van der Waals surface area (Å²) in [5.41, 5.74) is 1.41. The lowest BCUT2D eigenvalue weighted by atomic mass is 10.0. The second kappa shape index (κ2) is 13.5. The molecule has 0 saturated carbocycles. The van der Waals surface area contributed by atoms with Gasteiger partial charge in [-0.2, -0.15) is 4.31 Å². The zero-order valence-electron chi connectivity index (χ0n) is 25.0. The molecule has 3 aromatic rings. The van der Waals surface area contributed by atoms with Crippen molar-refractivity contribution in [3.63, 3.8) is 0 Å². The van der Waals surface area contributed by atoms with Gasteiger partial charge in [-0.3, -0.25) is 4.79 Å². The number of aliphatic hydroxyl groups excluding tert-OH is 1.